The van der Waals surface area contributed by atoms with Gasteiger partial charge in [-0.05, 0) is 111 Å². The van der Waals surface area contributed by atoms with Gasteiger partial charge in [-0.3, -0.25) is 0 Å². The fourth-order valence-corrected chi connectivity index (χ4v) is 9.38. The van der Waals surface area contributed by atoms with Crippen molar-refractivity contribution in [2.24, 2.45) is 13.1 Å². The van der Waals surface area contributed by atoms with Crippen LogP contribution in [0.1, 0.15) is 20.8 Å². The summed E-state index contributed by atoms with van der Waals surface area (Å²) in [6.07, 6.45) is 3.05. The normalized spacial score (nSPS) is 15.3. The molecule has 4 aromatic rings. The van der Waals surface area contributed by atoms with Crippen molar-refractivity contribution in [1.29, 1.82) is 4.78 Å². The van der Waals surface area contributed by atoms with Gasteiger partial charge in [0.15, 0.2) is 0 Å². The Hall–Kier alpha value is -1.40. The van der Waals surface area contributed by atoms with Crippen LogP contribution < -0.4 is 0 Å². The van der Waals surface area contributed by atoms with Crippen LogP contribution in [0.4, 0.5) is 0 Å². The van der Waals surface area contributed by atoms with Crippen molar-refractivity contribution in [3.8, 4) is 0 Å². The highest BCUT2D eigenvalue weighted by Gasteiger charge is 2.16. The van der Waals surface area contributed by atoms with Crippen molar-refractivity contribution in [2.75, 3.05) is 39.4 Å². The van der Waals surface area contributed by atoms with E-state index in [-0.39, 0.29) is 5.25 Å². The predicted molar refractivity (Wildman–Crippen MR) is 228 cm³/mol. The second-order valence-corrected chi connectivity index (χ2v) is 24.4. The third kappa shape index (κ3) is 14.9. The average Bonchev–Trinajstić information content (AvgIpc) is 3.09. The monoisotopic (exact) mass is 1020 g/mol. The molecule has 0 saturated heterocycles. The van der Waals surface area contributed by atoms with Crippen molar-refractivity contribution in [3.63, 3.8) is 0 Å². The molecule has 4 aromatic carbocycles. The number of hydrogen-bond acceptors (Lipinski definition) is 8. The Labute approximate surface area is 334 Å². The molecule has 4 atom stereocenters. The lowest BCUT2D eigenvalue weighted by Gasteiger charge is -2.12. The first-order chi connectivity index (χ1) is 23.2. The van der Waals surface area contributed by atoms with Crippen LogP contribution in [0.25, 0.3) is 0 Å². The third-order valence-corrected chi connectivity index (χ3v) is 17.1. The summed E-state index contributed by atoms with van der Waals surface area (Å²) >= 11 is 13.2. The molecule has 0 spiro atoms. The molecule has 0 amide bonds. The van der Waals surface area contributed by atoms with E-state index < -0.39 is 38.9 Å². The standard InChI is InChI=1S/C10H14BrNOS.C9H12BrNOS.C8H10BrNOS.C7H8BrNOS/c1-8(2)14(13,12-3)10-6-4-9(11)5-7-10;1-3-13(12,11-2)9-6-4-8(10)5-7-9;1-10-12(2,11)8-5-3-7(9)4-6-8;1-11(9,10)7-4-2-6(8)3-5-7/h4-8H,1-3H3;4-7H,3H2,1-2H3;3-6H,1-2H3;2-5,9H,1H3. The van der Waals surface area contributed by atoms with Gasteiger partial charge < -0.3 is 0 Å². The van der Waals surface area contributed by atoms with E-state index in [0.717, 1.165) is 32.6 Å². The van der Waals surface area contributed by atoms with Gasteiger partial charge in [0, 0.05) is 82.1 Å². The van der Waals surface area contributed by atoms with Crippen LogP contribution in [0, 0.1) is 4.78 Å². The fourth-order valence-electron chi connectivity index (χ4n) is 3.75. The van der Waals surface area contributed by atoms with Gasteiger partial charge in [-0.1, -0.05) is 70.6 Å². The Kier molecular flexibility index (Phi) is 19.9. The summed E-state index contributed by atoms with van der Waals surface area (Å²) in [7, 11) is -4.30. The van der Waals surface area contributed by atoms with Gasteiger partial charge in [0.2, 0.25) is 0 Å². The first-order valence-electron chi connectivity index (χ1n) is 14.8. The van der Waals surface area contributed by atoms with Gasteiger partial charge in [0.25, 0.3) is 0 Å². The molecule has 0 heterocycles. The largest absolute Gasteiger partial charge is 0.249 e. The molecule has 0 saturated carbocycles. The lowest BCUT2D eigenvalue weighted by Crippen LogP contribution is -2.13. The van der Waals surface area contributed by atoms with E-state index >= 15 is 0 Å². The number of nitrogens with zero attached hydrogens (tertiary/aromatic N) is 3. The summed E-state index contributed by atoms with van der Waals surface area (Å²) in [5.74, 6) is 0.561. The maximum atomic E-state index is 12.4. The molecule has 50 heavy (non-hydrogen) atoms. The van der Waals surface area contributed by atoms with Crippen LogP contribution in [0.15, 0.2) is 148 Å². The average molecular weight is 1020 g/mol. The van der Waals surface area contributed by atoms with Gasteiger partial charge in [-0.25, -0.2) is 34.7 Å². The molecule has 8 nitrogen and oxygen atoms in total. The number of nitrogens with one attached hydrogen (secondary N) is 1. The quantitative estimate of drug-likeness (QED) is 0.206. The van der Waals surface area contributed by atoms with E-state index in [2.05, 4.69) is 76.8 Å². The minimum atomic E-state index is -2.54. The minimum absolute atomic E-state index is 0.0358. The number of hydrogen-bond donors (Lipinski definition) is 1. The number of benzene rings is 4. The SMILES string of the molecule is CCS(=O)(=NC)c1ccc(Br)cc1.CN=S(=O)(c1ccc(Br)cc1)C(C)C.CN=S(C)(=O)c1ccc(Br)cc1.CS(=N)(=O)c1ccc(Br)cc1. The first-order valence-corrected chi connectivity index (χ1v) is 25.1. The Morgan fingerprint density at radius 1 is 0.540 bits per heavy atom. The summed E-state index contributed by atoms with van der Waals surface area (Å²) in [4.78, 5) is 2.95. The molecule has 4 rings (SSSR count). The van der Waals surface area contributed by atoms with Crippen molar-refractivity contribution < 1.29 is 16.8 Å². The summed E-state index contributed by atoms with van der Waals surface area (Å²) in [6, 6.07) is 29.3. The summed E-state index contributed by atoms with van der Waals surface area (Å²) < 4.78 is 70.2. The Morgan fingerprint density at radius 3 is 1.12 bits per heavy atom. The van der Waals surface area contributed by atoms with Gasteiger partial charge in [0.1, 0.15) is 0 Å². The smallest absolute Gasteiger partial charge is 0.0773 e. The lowest BCUT2D eigenvalue weighted by atomic mass is 10.4. The molecular formula is C34H44Br4N4O4S4. The summed E-state index contributed by atoms with van der Waals surface area (Å²) in [5.41, 5.74) is 0. The number of rotatable bonds is 6. The van der Waals surface area contributed by atoms with Gasteiger partial charge in [-0.15, -0.1) is 0 Å². The maximum Gasteiger partial charge on any atom is 0.0773 e. The highest BCUT2D eigenvalue weighted by molar-refractivity contribution is 9.11. The van der Waals surface area contributed by atoms with Crippen LogP contribution in [-0.4, -0.2) is 61.5 Å². The topological polar surface area (TPSA) is 129 Å². The zero-order valence-electron chi connectivity index (χ0n) is 29.1. The fraction of sp³-hybridized carbons (Fsp3) is 0.294. The predicted octanol–water partition coefficient (Wildman–Crippen LogP) is 11.3. The van der Waals surface area contributed by atoms with Crippen LogP contribution in [0.3, 0.4) is 0 Å². The molecule has 0 aliphatic carbocycles. The zero-order valence-corrected chi connectivity index (χ0v) is 38.8. The van der Waals surface area contributed by atoms with E-state index in [1.807, 2.05) is 93.6 Å². The van der Waals surface area contributed by atoms with Gasteiger partial charge in [0.05, 0.1) is 38.9 Å². The Bertz CT molecular complexity index is 2150. The molecule has 0 aromatic heterocycles. The molecule has 0 bridgehead atoms. The van der Waals surface area contributed by atoms with Crippen molar-refractivity contribution >= 4 is 103 Å². The summed E-state index contributed by atoms with van der Waals surface area (Å²) in [6.45, 7) is 5.74. The molecule has 16 heteroatoms. The third-order valence-electron chi connectivity index (χ3n) is 6.79. The Balaban J connectivity index is 0.000000335. The maximum absolute atomic E-state index is 12.4. The van der Waals surface area contributed by atoms with Crippen molar-refractivity contribution in [3.05, 3.63) is 115 Å². The van der Waals surface area contributed by atoms with E-state index in [4.69, 9.17) is 4.78 Å². The van der Waals surface area contributed by atoms with Crippen LogP contribution in [-0.2, 0) is 38.9 Å². The zero-order chi connectivity index (χ0) is 38.3. The molecular weight excluding hydrogens is 976 g/mol. The highest BCUT2D eigenvalue weighted by atomic mass is 79.9. The summed E-state index contributed by atoms with van der Waals surface area (Å²) in [5, 5.41) is 0.0358. The molecule has 0 aliphatic heterocycles. The van der Waals surface area contributed by atoms with E-state index in [1.54, 1.807) is 51.7 Å². The minimum Gasteiger partial charge on any atom is -0.249 e. The van der Waals surface area contributed by atoms with Crippen LogP contribution in [0.5, 0.6) is 0 Å². The molecule has 0 fully saturated rings. The second kappa shape index (κ2) is 21.3. The van der Waals surface area contributed by atoms with Crippen molar-refractivity contribution in [1.82, 2.24) is 0 Å². The van der Waals surface area contributed by atoms with Crippen LogP contribution in [0.2, 0.25) is 0 Å². The molecule has 1 N–H and O–H groups in total. The first kappa shape index (κ1) is 46.6. The molecule has 4 unspecified atom stereocenters. The second-order valence-electron chi connectivity index (χ2n) is 10.6. The van der Waals surface area contributed by atoms with Gasteiger partial charge >= 0.3 is 0 Å². The van der Waals surface area contributed by atoms with E-state index in [1.165, 1.54) is 6.26 Å². The highest BCUT2D eigenvalue weighted by Crippen LogP contribution is 2.21. The lowest BCUT2D eigenvalue weighted by molar-refractivity contribution is 0.668. The number of halogens is 4. The van der Waals surface area contributed by atoms with E-state index in [9.17, 15) is 16.8 Å². The Morgan fingerprint density at radius 2 is 0.860 bits per heavy atom. The van der Waals surface area contributed by atoms with Gasteiger partial charge in [-0.2, -0.15) is 0 Å². The van der Waals surface area contributed by atoms with Crippen molar-refractivity contribution in [2.45, 2.75) is 45.6 Å². The van der Waals surface area contributed by atoms with E-state index in [0.29, 0.717) is 10.6 Å². The molecule has 276 valence electrons. The van der Waals surface area contributed by atoms with Crippen LogP contribution >= 0.6 is 63.7 Å². The molecule has 0 radical (unpaired) electrons. The molecule has 0 aliphatic rings.